The molecule has 1 aliphatic rings. The number of aryl methyl sites for hydroxylation is 1. The Balaban J connectivity index is 1.60. The zero-order valence-corrected chi connectivity index (χ0v) is 15.6. The van der Waals surface area contributed by atoms with Crippen LogP contribution in [0.2, 0.25) is 0 Å². The van der Waals surface area contributed by atoms with Crippen LogP contribution in [0.5, 0.6) is 0 Å². The molecule has 1 atom stereocenters. The molecule has 2 heterocycles. The van der Waals surface area contributed by atoms with Gasteiger partial charge in [-0.15, -0.1) is 0 Å². The highest BCUT2D eigenvalue weighted by atomic mass is 16.3. The van der Waals surface area contributed by atoms with Gasteiger partial charge in [-0.1, -0.05) is 24.3 Å². The summed E-state index contributed by atoms with van der Waals surface area (Å²) in [6.07, 6.45) is 1.53. The number of H-pyrrole nitrogens is 1. The van der Waals surface area contributed by atoms with Crippen LogP contribution in [0, 0.1) is 6.92 Å². The summed E-state index contributed by atoms with van der Waals surface area (Å²) in [5.41, 5.74) is 3.07. The number of piperazine rings is 1. The number of benzene rings is 1. The second-order valence-corrected chi connectivity index (χ2v) is 6.85. The van der Waals surface area contributed by atoms with E-state index in [9.17, 15) is 9.59 Å². The van der Waals surface area contributed by atoms with E-state index in [-0.39, 0.29) is 18.4 Å². The lowest BCUT2D eigenvalue weighted by atomic mass is 10.1. The molecule has 8 heteroatoms. The average Bonchev–Trinajstić information content (AvgIpc) is 3.12. The molecule has 3 N–H and O–H groups in total. The Kier molecular flexibility index (Phi) is 5.88. The van der Waals surface area contributed by atoms with Crippen molar-refractivity contribution >= 4 is 11.8 Å². The van der Waals surface area contributed by atoms with Crippen molar-refractivity contribution in [3.05, 3.63) is 52.8 Å². The number of hydrogen-bond acceptors (Lipinski definition) is 5. The molecule has 1 fully saturated rings. The fraction of sp³-hybridized carbons (Fsp3) is 0.421. The molecule has 0 saturated carbocycles. The van der Waals surface area contributed by atoms with Gasteiger partial charge in [-0.2, -0.15) is 5.10 Å². The summed E-state index contributed by atoms with van der Waals surface area (Å²) in [7, 11) is 1.89. The Morgan fingerprint density at radius 3 is 2.59 bits per heavy atom. The standard InChI is InChI=1S/C19H25N5O3/c1-13-16(10-21-22-13)19(27)24-8-7-23(2)17(11-24)18(26)20-9-14-3-5-15(12-25)6-4-14/h3-6,10,17,25H,7-9,11-12H2,1-2H3,(H,20,26)(H,21,22). The molecule has 0 aliphatic carbocycles. The number of amides is 2. The highest BCUT2D eigenvalue weighted by Gasteiger charge is 2.33. The first-order valence-electron chi connectivity index (χ1n) is 8.95. The number of likely N-dealkylation sites (N-methyl/N-ethyl adjacent to an activating group) is 1. The topological polar surface area (TPSA) is 102 Å². The Hall–Kier alpha value is -2.71. The number of nitrogens with one attached hydrogen (secondary N) is 2. The predicted octanol–water partition coefficient (Wildman–Crippen LogP) is 0.283. The highest BCUT2D eigenvalue weighted by Crippen LogP contribution is 2.14. The van der Waals surface area contributed by atoms with Gasteiger partial charge in [0.05, 0.1) is 18.4 Å². The van der Waals surface area contributed by atoms with Crippen molar-refractivity contribution in [1.82, 2.24) is 25.3 Å². The zero-order valence-electron chi connectivity index (χ0n) is 15.6. The number of aromatic nitrogens is 2. The summed E-state index contributed by atoms with van der Waals surface area (Å²) in [6, 6.07) is 7.04. The lowest BCUT2D eigenvalue weighted by molar-refractivity contribution is -0.127. The van der Waals surface area contributed by atoms with Gasteiger partial charge in [-0.05, 0) is 25.1 Å². The summed E-state index contributed by atoms with van der Waals surface area (Å²) in [6.45, 7) is 3.76. The second kappa shape index (κ2) is 8.32. The lowest BCUT2D eigenvalue weighted by Gasteiger charge is -2.38. The predicted molar refractivity (Wildman–Crippen MR) is 99.9 cm³/mol. The van der Waals surface area contributed by atoms with Gasteiger partial charge in [0.15, 0.2) is 0 Å². The van der Waals surface area contributed by atoms with Crippen LogP contribution in [0.4, 0.5) is 0 Å². The number of hydrogen-bond donors (Lipinski definition) is 3. The van der Waals surface area contributed by atoms with Crippen molar-refractivity contribution in [3.8, 4) is 0 Å². The minimum absolute atomic E-state index is 0.000488. The maximum Gasteiger partial charge on any atom is 0.257 e. The molecular formula is C19H25N5O3. The molecule has 144 valence electrons. The van der Waals surface area contributed by atoms with Crippen molar-refractivity contribution in [2.24, 2.45) is 0 Å². The maximum absolute atomic E-state index is 12.7. The smallest absolute Gasteiger partial charge is 0.257 e. The van der Waals surface area contributed by atoms with Crippen LogP contribution in [-0.2, 0) is 17.9 Å². The first kappa shape index (κ1) is 19.1. The molecule has 8 nitrogen and oxygen atoms in total. The van der Waals surface area contributed by atoms with Gasteiger partial charge in [0, 0.05) is 31.9 Å². The fourth-order valence-corrected chi connectivity index (χ4v) is 3.15. The van der Waals surface area contributed by atoms with Crippen molar-refractivity contribution < 1.29 is 14.7 Å². The number of carbonyl (C=O) groups is 2. The summed E-state index contributed by atoms with van der Waals surface area (Å²) in [5.74, 6) is -0.211. The SMILES string of the molecule is Cc1[nH]ncc1C(=O)N1CCN(C)C(C(=O)NCc2ccc(CO)cc2)C1. The minimum Gasteiger partial charge on any atom is -0.392 e. The first-order chi connectivity index (χ1) is 13.0. The Morgan fingerprint density at radius 2 is 1.96 bits per heavy atom. The average molecular weight is 371 g/mol. The second-order valence-electron chi connectivity index (χ2n) is 6.85. The Labute approximate surface area is 158 Å². The summed E-state index contributed by atoms with van der Waals surface area (Å²) in [5, 5.41) is 18.7. The maximum atomic E-state index is 12.7. The summed E-state index contributed by atoms with van der Waals surface area (Å²) in [4.78, 5) is 29.0. The number of nitrogens with zero attached hydrogens (tertiary/aromatic N) is 3. The van der Waals surface area contributed by atoms with Crippen molar-refractivity contribution in [2.75, 3.05) is 26.7 Å². The molecule has 1 aromatic carbocycles. The quantitative estimate of drug-likeness (QED) is 0.701. The molecule has 0 spiro atoms. The van der Waals surface area contributed by atoms with E-state index < -0.39 is 6.04 Å². The first-order valence-corrected chi connectivity index (χ1v) is 8.95. The third-order valence-electron chi connectivity index (χ3n) is 4.97. The molecular weight excluding hydrogens is 346 g/mol. The van der Waals surface area contributed by atoms with Crippen LogP contribution in [0.1, 0.15) is 27.2 Å². The Morgan fingerprint density at radius 1 is 1.26 bits per heavy atom. The van der Waals surface area contributed by atoms with Gasteiger partial charge >= 0.3 is 0 Å². The minimum atomic E-state index is -0.397. The van der Waals surface area contributed by atoms with Gasteiger partial charge in [-0.25, -0.2) is 0 Å². The number of carbonyl (C=O) groups excluding carboxylic acids is 2. The van der Waals surface area contributed by atoms with Gasteiger partial charge in [0.2, 0.25) is 5.91 Å². The molecule has 0 bridgehead atoms. The highest BCUT2D eigenvalue weighted by molar-refractivity contribution is 5.95. The van der Waals surface area contributed by atoms with Crippen molar-refractivity contribution in [3.63, 3.8) is 0 Å². The Bertz CT molecular complexity index is 802. The normalized spacial score (nSPS) is 17.7. The van der Waals surface area contributed by atoms with Gasteiger partial charge in [-0.3, -0.25) is 19.6 Å². The molecule has 27 heavy (non-hydrogen) atoms. The van der Waals surface area contributed by atoms with E-state index in [2.05, 4.69) is 15.5 Å². The third kappa shape index (κ3) is 4.35. The molecule has 2 aromatic rings. The van der Waals surface area contributed by atoms with Crippen LogP contribution >= 0.6 is 0 Å². The molecule has 1 unspecified atom stereocenters. The van der Waals surface area contributed by atoms with Crippen LogP contribution in [0.15, 0.2) is 30.5 Å². The molecule has 1 aromatic heterocycles. The van der Waals surface area contributed by atoms with Gasteiger partial charge in [0.25, 0.3) is 5.91 Å². The number of rotatable bonds is 5. The zero-order chi connectivity index (χ0) is 19.4. The fourth-order valence-electron chi connectivity index (χ4n) is 3.15. The third-order valence-corrected chi connectivity index (χ3v) is 4.97. The summed E-state index contributed by atoms with van der Waals surface area (Å²) < 4.78 is 0. The van der Waals surface area contributed by atoms with Crippen molar-refractivity contribution in [1.29, 1.82) is 0 Å². The van der Waals surface area contributed by atoms with E-state index in [1.165, 1.54) is 6.20 Å². The van der Waals surface area contributed by atoms with Crippen molar-refractivity contribution in [2.45, 2.75) is 26.1 Å². The molecule has 1 aliphatic heterocycles. The molecule has 2 amide bonds. The van der Waals surface area contributed by atoms with E-state index in [4.69, 9.17) is 5.11 Å². The van der Waals surface area contributed by atoms with E-state index in [0.717, 1.165) is 16.8 Å². The van der Waals surface area contributed by atoms with E-state index in [1.807, 2.05) is 43.1 Å². The van der Waals surface area contributed by atoms with E-state index >= 15 is 0 Å². The largest absolute Gasteiger partial charge is 0.392 e. The number of aliphatic hydroxyl groups excluding tert-OH is 1. The van der Waals surface area contributed by atoms with Crippen LogP contribution in [-0.4, -0.2) is 69.6 Å². The van der Waals surface area contributed by atoms with Crippen LogP contribution in [0.25, 0.3) is 0 Å². The van der Waals surface area contributed by atoms with Crippen LogP contribution < -0.4 is 5.32 Å². The lowest BCUT2D eigenvalue weighted by Crippen LogP contribution is -2.58. The number of aromatic amines is 1. The molecule has 1 saturated heterocycles. The van der Waals surface area contributed by atoms with Gasteiger partial charge in [0.1, 0.15) is 6.04 Å². The summed E-state index contributed by atoms with van der Waals surface area (Å²) >= 11 is 0. The van der Waals surface area contributed by atoms with Gasteiger partial charge < -0.3 is 15.3 Å². The molecule has 0 radical (unpaired) electrons. The molecule has 3 rings (SSSR count). The van der Waals surface area contributed by atoms with Crippen LogP contribution in [0.3, 0.4) is 0 Å². The number of aliphatic hydroxyl groups is 1. The monoisotopic (exact) mass is 371 g/mol. The van der Waals surface area contributed by atoms with E-state index in [0.29, 0.717) is 31.7 Å². The van der Waals surface area contributed by atoms with E-state index in [1.54, 1.807) is 4.90 Å².